The molecule has 0 aliphatic rings. The van der Waals surface area contributed by atoms with Gasteiger partial charge in [-0.1, -0.05) is 48.0 Å². The Morgan fingerprint density at radius 1 is 1.00 bits per heavy atom. The fourth-order valence-electron chi connectivity index (χ4n) is 3.23. The number of aliphatic imine (C=N–C) groups is 1. The molecule has 1 aromatic heterocycles. The first-order chi connectivity index (χ1) is 13.5. The van der Waals surface area contributed by atoms with Gasteiger partial charge in [-0.05, 0) is 43.0 Å². The molecule has 0 aliphatic carbocycles. The highest BCUT2D eigenvalue weighted by molar-refractivity contribution is 5.79. The number of rotatable bonds is 6. The Balaban J connectivity index is 1.56. The predicted octanol–water partition coefficient (Wildman–Crippen LogP) is 3.72. The summed E-state index contributed by atoms with van der Waals surface area (Å²) in [6.07, 6.45) is 3.85. The molecule has 5 heteroatoms. The van der Waals surface area contributed by atoms with E-state index in [0.29, 0.717) is 0 Å². The van der Waals surface area contributed by atoms with Gasteiger partial charge in [0.2, 0.25) is 0 Å². The van der Waals surface area contributed by atoms with E-state index in [4.69, 9.17) is 0 Å². The first-order valence-corrected chi connectivity index (χ1v) is 9.61. The van der Waals surface area contributed by atoms with Crippen molar-refractivity contribution in [1.29, 1.82) is 0 Å². The molecule has 2 aromatic carbocycles. The molecule has 3 rings (SSSR count). The molecular weight excluding hydrogens is 346 g/mol. The fourth-order valence-corrected chi connectivity index (χ4v) is 3.23. The van der Waals surface area contributed by atoms with Crippen LogP contribution in [0.25, 0.3) is 0 Å². The Bertz CT molecular complexity index is 955. The van der Waals surface area contributed by atoms with Crippen LogP contribution in [0.15, 0.2) is 59.9 Å². The van der Waals surface area contributed by atoms with Gasteiger partial charge in [-0.3, -0.25) is 4.99 Å². The topological polar surface area (TPSA) is 54.2 Å². The number of nitrogens with zero attached hydrogens (tertiary/aromatic N) is 3. The summed E-state index contributed by atoms with van der Waals surface area (Å²) in [7, 11) is 1.80. The molecule has 2 N–H and O–H groups in total. The maximum atomic E-state index is 4.34. The molecule has 1 heterocycles. The van der Waals surface area contributed by atoms with Crippen LogP contribution in [0.2, 0.25) is 0 Å². The van der Waals surface area contributed by atoms with E-state index >= 15 is 0 Å². The standard InChI is InChI=1S/C23H29N5/c1-17-8-9-22(18(2)12-17)15-27-23(24-4)26-14-20-6-5-7-21(13-20)16-28-11-10-25-19(28)3/h5-13H,14-16H2,1-4H3,(H2,24,26,27). The van der Waals surface area contributed by atoms with Crippen LogP contribution in [0.4, 0.5) is 0 Å². The van der Waals surface area contributed by atoms with Gasteiger partial charge in [0.1, 0.15) is 5.82 Å². The number of aryl methyl sites for hydroxylation is 3. The first-order valence-electron chi connectivity index (χ1n) is 9.61. The molecule has 0 saturated heterocycles. The lowest BCUT2D eigenvalue weighted by Gasteiger charge is -2.14. The van der Waals surface area contributed by atoms with Gasteiger partial charge in [0, 0.05) is 39.1 Å². The highest BCUT2D eigenvalue weighted by Crippen LogP contribution is 2.11. The highest BCUT2D eigenvalue weighted by atomic mass is 15.2. The monoisotopic (exact) mass is 375 g/mol. The van der Waals surface area contributed by atoms with Crippen molar-refractivity contribution in [3.8, 4) is 0 Å². The van der Waals surface area contributed by atoms with E-state index in [9.17, 15) is 0 Å². The lowest BCUT2D eigenvalue weighted by Crippen LogP contribution is -2.36. The molecule has 0 fully saturated rings. The lowest BCUT2D eigenvalue weighted by atomic mass is 10.1. The van der Waals surface area contributed by atoms with E-state index in [1.54, 1.807) is 7.05 Å². The van der Waals surface area contributed by atoms with Gasteiger partial charge < -0.3 is 15.2 Å². The van der Waals surface area contributed by atoms with Crippen LogP contribution in [0.1, 0.15) is 33.6 Å². The summed E-state index contributed by atoms with van der Waals surface area (Å²) in [5.74, 6) is 1.83. The van der Waals surface area contributed by atoms with Crippen molar-refractivity contribution in [2.24, 2.45) is 4.99 Å². The van der Waals surface area contributed by atoms with Crippen molar-refractivity contribution in [3.05, 3.63) is 88.5 Å². The number of hydrogen-bond acceptors (Lipinski definition) is 2. The summed E-state index contributed by atoms with van der Waals surface area (Å²) in [6, 6.07) is 15.1. The van der Waals surface area contributed by atoms with Crippen molar-refractivity contribution in [2.45, 2.75) is 40.4 Å². The van der Waals surface area contributed by atoms with Crippen LogP contribution in [-0.2, 0) is 19.6 Å². The third kappa shape index (κ3) is 5.22. The summed E-state index contributed by atoms with van der Waals surface area (Å²) in [5.41, 5.74) is 6.36. The van der Waals surface area contributed by atoms with Gasteiger partial charge >= 0.3 is 0 Å². The maximum Gasteiger partial charge on any atom is 0.191 e. The quantitative estimate of drug-likeness (QED) is 0.510. The number of benzene rings is 2. The van der Waals surface area contributed by atoms with E-state index in [-0.39, 0.29) is 0 Å². The van der Waals surface area contributed by atoms with Gasteiger partial charge in [-0.15, -0.1) is 0 Å². The van der Waals surface area contributed by atoms with Crippen LogP contribution >= 0.6 is 0 Å². The highest BCUT2D eigenvalue weighted by Gasteiger charge is 2.04. The number of guanidine groups is 1. The van der Waals surface area contributed by atoms with E-state index in [1.165, 1.54) is 27.8 Å². The molecule has 0 spiro atoms. The van der Waals surface area contributed by atoms with Crippen molar-refractivity contribution in [2.75, 3.05) is 7.05 Å². The molecule has 0 aliphatic heterocycles. The van der Waals surface area contributed by atoms with Gasteiger partial charge in [0.15, 0.2) is 5.96 Å². The van der Waals surface area contributed by atoms with Gasteiger partial charge in [0.05, 0.1) is 0 Å². The number of nitrogens with one attached hydrogen (secondary N) is 2. The van der Waals surface area contributed by atoms with E-state index in [2.05, 4.69) is 81.5 Å². The van der Waals surface area contributed by atoms with Crippen molar-refractivity contribution < 1.29 is 0 Å². The molecule has 146 valence electrons. The lowest BCUT2D eigenvalue weighted by molar-refractivity contribution is 0.757. The minimum Gasteiger partial charge on any atom is -0.352 e. The zero-order chi connectivity index (χ0) is 19.9. The van der Waals surface area contributed by atoms with Crippen LogP contribution in [0, 0.1) is 20.8 Å². The van der Waals surface area contributed by atoms with Crippen molar-refractivity contribution in [1.82, 2.24) is 20.2 Å². The van der Waals surface area contributed by atoms with Gasteiger partial charge in [-0.2, -0.15) is 0 Å². The molecular formula is C23H29N5. The molecule has 28 heavy (non-hydrogen) atoms. The number of hydrogen-bond donors (Lipinski definition) is 2. The predicted molar refractivity (Wildman–Crippen MR) is 115 cm³/mol. The molecule has 0 atom stereocenters. The minimum atomic E-state index is 0.726. The summed E-state index contributed by atoms with van der Waals surface area (Å²) < 4.78 is 2.15. The largest absolute Gasteiger partial charge is 0.352 e. The molecule has 5 nitrogen and oxygen atoms in total. The Morgan fingerprint density at radius 3 is 2.50 bits per heavy atom. The SMILES string of the molecule is CN=C(NCc1cccc(Cn2ccnc2C)c1)NCc1ccc(C)cc1C. The van der Waals surface area contributed by atoms with Crippen LogP contribution in [-0.4, -0.2) is 22.6 Å². The molecule has 0 bridgehead atoms. The third-order valence-electron chi connectivity index (χ3n) is 4.90. The van der Waals surface area contributed by atoms with Crippen LogP contribution in [0.5, 0.6) is 0 Å². The second-order valence-corrected chi connectivity index (χ2v) is 7.13. The van der Waals surface area contributed by atoms with Gasteiger partial charge in [0.25, 0.3) is 0 Å². The van der Waals surface area contributed by atoms with Crippen LogP contribution in [0.3, 0.4) is 0 Å². The Morgan fingerprint density at radius 2 is 1.79 bits per heavy atom. The third-order valence-corrected chi connectivity index (χ3v) is 4.90. The smallest absolute Gasteiger partial charge is 0.191 e. The van der Waals surface area contributed by atoms with E-state index in [1.807, 2.05) is 19.3 Å². The van der Waals surface area contributed by atoms with E-state index in [0.717, 1.165) is 31.4 Å². The average molecular weight is 376 g/mol. The maximum absolute atomic E-state index is 4.34. The minimum absolute atomic E-state index is 0.726. The zero-order valence-corrected chi connectivity index (χ0v) is 17.2. The second kappa shape index (κ2) is 9.22. The zero-order valence-electron chi connectivity index (χ0n) is 17.2. The van der Waals surface area contributed by atoms with Gasteiger partial charge in [-0.25, -0.2) is 4.98 Å². The Labute approximate surface area is 167 Å². The Kier molecular flexibility index (Phi) is 6.48. The number of aromatic nitrogens is 2. The summed E-state index contributed by atoms with van der Waals surface area (Å²) in [4.78, 5) is 8.63. The molecule has 3 aromatic rings. The van der Waals surface area contributed by atoms with Crippen molar-refractivity contribution >= 4 is 5.96 Å². The Hall–Kier alpha value is -3.08. The fraction of sp³-hybridized carbons (Fsp3) is 0.304. The van der Waals surface area contributed by atoms with Crippen LogP contribution < -0.4 is 10.6 Å². The first kappa shape index (κ1) is 19.7. The second-order valence-electron chi connectivity index (χ2n) is 7.13. The average Bonchev–Trinajstić information content (AvgIpc) is 3.08. The molecule has 0 amide bonds. The molecule has 0 saturated carbocycles. The van der Waals surface area contributed by atoms with Crippen molar-refractivity contribution in [3.63, 3.8) is 0 Å². The summed E-state index contributed by atoms with van der Waals surface area (Å²) >= 11 is 0. The summed E-state index contributed by atoms with van der Waals surface area (Å²) in [5, 5.41) is 6.81. The molecule has 0 unspecified atom stereocenters. The normalized spacial score (nSPS) is 11.5. The molecule has 0 radical (unpaired) electrons. The summed E-state index contributed by atoms with van der Waals surface area (Å²) in [6.45, 7) is 8.60. The van der Waals surface area contributed by atoms with E-state index < -0.39 is 0 Å². The number of imidazole rings is 1.